The lowest BCUT2D eigenvalue weighted by molar-refractivity contribution is -0.138. The smallest absolute Gasteiger partial charge is 0.399 e. The predicted molar refractivity (Wildman–Crippen MR) is 372 cm³/mol. The molecule has 532 valence electrons. The van der Waals surface area contributed by atoms with Crippen molar-refractivity contribution in [3.05, 3.63) is 222 Å². The van der Waals surface area contributed by atoms with Crippen molar-refractivity contribution in [2.75, 3.05) is 68.1 Å². The van der Waals surface area contributed by atoms with E-state index in [9.17, 15) is 94.9 Å². The van der Waals surface area contributed by atoms with Gasteiger partial charge in [-0.05, 0) is 117 Å². The summed E-state index contributed by atoms with van der Waals surface area (Å²) in [4.78, 5) is 85.7. The maximum absolute atomic E-state index is 13.6. The molecule has 0 aliphatic carbocycles. The first-order valence-corrected chi connectivity index (χ1v) is 34.8. The molecule has 1 fully saturated rings. The third-order valence-corrected chi connectivity index (χ3v) is 17.8. The Labute approximate surface area is 570 Å². The third-order valence-electron chi connectivity index (χ3n) is 13.9. The zero-order valence-electron chi connectivity index (χ0n) is 50.5. The van der Waals surface area contributed by atoms with E-state index in [1.54, 1.807) is 60.7 Å². The van der Waals surface area contributed by atoms with Crippen LogP contribution in [-0.2, 0) is 27.6 Å². The molecule has 0 spiro atoms. The molecule has 4 heterocycles. The molecule has 1 aliphatic rings. The number of nitrogen functional groups attached to an aromatic ring is 1. The van der Waals surface area contributed by atoms with Crippen LogP contribution in [0.15, 0.2) is 172 Å². The van der Waals surface area contributed by atoms with Crippen LogP contribution in [-0.4, -0.2) is 101 Å². The van der Waals surface area contributed by atoms with E-state index in [-0.39, 0.29) is 86.4 Å². The number of carbonyl (C=O) groups is 3. The number of amides is 3. The lowest BCUT2D eigenvalue weighted by Crippen LogP contribution is -2.34. The van der Waals surface area contributed by atoms with Gasteiger partial charge in [0.2, 0.25) is 25.3 Å². The van der Waals surface area contributed by atoms with Crippen LogP contribution in [0.3, 0.4) is 0 Å². The zero-order chi connectivity index (χ0) is 72.1. The van der Waals surface area contributed by atoms with E-state index >= 15 is 0 Å². The van der Waals surface area contributed by atoms with Crippen molar-refractivity contribution in [1.82, 2.24) is 19.9 Å². The number of alkyl halides is 10. The van der Waals surface area contributed by atoms with Gasteiger partial charge in [0.25, 0.3) is 17.7 Å². The second-order valence-electron chi connectivity index (χ2n) is 21.2. The minimum atomic E-state index is -4.77. The fourth-order valence-corrected chi connectivity index (χ4v) is 12.2. The predicted octanol–water partition coefficient (Wildman–Crippen LogP) is 15.2. The molecular weight excluding hydrogens is 1430 g/mol. The summed E-state index contributed by atoms with van der Waals surface area (Å²) in [5.74, 6) is -2.81. The maximum Gasteiger partial charge on any atom is 0.416 e. The number of H-pyrrole nitrogens is 3. The number of piperidine rings is 1. The minimum Gasteiger partial charge on any atom is -0.399 e. The number of rotatable bonds is 16. The molecule has 0 radical (unpaired) electrons. The topological polar surface area (TPSA) is 354 Å². The molecule has 3 aromatic heterocycles. The van der Waals surface area contributed by atoms with Crippen LogP contribution < -0.4 is 47.4 Å². The molecule has 0 atom stereocenters. The van der Waals surface area contributed by atoms with Crippen molar-refractivity contribution in [1.29, 1.82) is 0 Å². The van der Waals surface area contributed by atoms with Crippen LogP contribution in [0.1, 0.15) is 74.5 Å². The highest BCUT2D eigenvalue weighted by Crippen LogP contribution is 2.44. The van der Waals surface area contributed by atoms with Crippen LogP contribution >= 0.6 is 43.8 Å². The number of aromatic amines is 3. The number of nitrogens with zero attached hydrogens (tertiary/aromatic N) is 1. The molecule has 22 nitrogen and oxygen atoms in total. The number of anilines is 6. The quantitative estimate of drug-likeness (QED) is 0.0185. The van der Waals surface area contributed by atoms with Gasteiger partial charge < -0.3 is 41.5 Å². The Kier molecular flexibility index (Phi) is 26.4. The molecule has 1 aliphatic heterocycles. The lowest BCUT2D eigenvalue weighted by atomic mass is 10.1. The van der Waals surface area contributed by atoms with E-state index in [1.807, 2.05) is 0 Å². The van der Waals surface area contributed by atoms with Gasteiger partial charge in [0.1, 0.15) is 16.7 Å². The van der Waals surface area contributed by atoms with E-state index in [2.05, 4.69) is 51.8 Å². The average Bonchev–Trinajstić information content (AvgIpc) is 0.811. The highest BCUT2D eigenvalue weighted by Gasteiger charge is 2.34. The van der Waals surface area contributed by atoms with Gasteiger partial charge >= 0.3 is 18.5 Å². The number of halogens is 11. The summed E-state index contributed by atoms with van der Waals surface area (Å²) in [6.07, 6.45) is -7.39. The van der Waals surface area contributed by atoms with Gasteiger partial charge in [-0.2, -0.15) is 39.5 Å². The Balaban J connectivity index is 0.000000225. The van der Waals surface area contributed by atoms with Crippen molar-refractivity contribution in [3.63, 3.8) is 0 Å². The third kappa shape index (κ3) is 22.7. The van der Waals surface area contributed by atoms with Gasteiger partial charge in [-0.3, -0.25) is 56.4 Å². The number of nitrogens with two attached hydrogens (primary N) is 1. The summed E-state index contributed by atoms with van der Waals surface area (Å²) < 4.78 is 183. The number of benzene rings is 6. The van der Waals surface area contributed by atoms with E-state index in [0.717, 1.165) is 74.2 Å². The van der Waals surface area contributed by atoms with Crippen LogP contribution in [0.2, 0.25) is 0 Å². The zero-order valence-corrected chi connectivity index (χ0v) is 54.4. The summed E-state index contributed by atoms with van der Waals surface area (Å²) in [5.41, 5.74) is -0.0634. The van der Waals surface area contributed by atoms with Crippen molar-refractivity contribution in [2.24, 2.45) is 0 Å². The van der Waals surface area contributed by atoms with Crippen molar-refractivity contribution in [3.8, 4) is 0 Å². The molecule has 14 N–H and O–H groups in total. The number of aromatic nitrogens is 3. The van der Waals surface area contributed by atoms with Crippen LogP contribution in [0.5, 0.6) is 0 Å². The minimum absolute atomic E-state index is 0. The molecule has 6 aromatic carbocycles. The summed E-state index contributed by atoms with van der Waals surface area (Å²) in [5, 5.41) is 8.41. The lowest BCUT2D eigenvalue weighted by Gasteiger charge is -2.37. The second-order valence-corrected chi connectivity index (χ2v) is 28.1. The van der Waals surface area contributed by atoms with E-state index in [0.29, 0.717) is 40.6 Å². The van der Waals surface area contributed by atoms with Gasteiger partial charge in [0.05, 0.1) is 39.6 Å². The van der Waals surface area contributed by atoms with E-state index < -0.39 is 99.8 Å². The number of nitrogens with one attached hydrogen (secondary N) is 8. The Morgan fingerprint density at radius 3 is 1.22 bits per heavy atom. The Bertz CT molecular complexity index is 4730. The number of hydrogen-bond acceptors (Lipinski definition) is 16. The SMILES string of the molecule is C.C=CS(O)(O)Nc1cc(NC(=O)c2c[nH]c3ccccc3c2=O)cc(C(F)(F)F)c1.Nc1cc(NC(=O)c2c[nH]c3ccccc3c2=O)cc(C(F)(F)F)c1.O=C(Nc1cc(NS(O)(O)CCN2CCCCC2)cc(C(F)(F)F)c1)c1c[nH]c2ccccc2c1=O.O=S(=O)(Cl)CCCl. The molecule has 0 bridgehead atoms. The Hall–Kier alpha value is -9.10. The Morgan fingerprint density at radius 2 is 0.879 bits per heavy atom. The summed E-state index contributed by atoms with van der Waals surface area (Å²) >= 11 is 5.02. The second kappa shape index (κ2) is 33.2. The van der Waals surface area contributed by atoms with E-state index in [4.69, 9.17) is 28.0 Å². The number of carbonyl (C=O) groups excluding carboxylic acids is 3. The number of para-hydroxylation sites is 3. The summed E-state index contributed by atoms with van der Waals surface area (Å²) in [7, 11) is -5.65. The van der Waals surface area contributed by atoms with Crippen molar-refractivity contribution >= 4 is 137 Å². The first-order valence-electron chi connectivity index (χ1n) is 28.4. The molecule has 0 unspecified atom stereocenters. The van der Waals surface area contributed by atoms with Crippen molar-refractivity contribution < 1.29 is 80.5 Å². The number of fused-ring (bicyclic) bond motifs is 3. The highest BCUT2D eigenvalue weighted by molar-refractivity contribution is 8.27. The van der Waals surface area contributed by atoms with Gasteiger partial charge in [0.15, 0.2) is 0 Å². The van der Waals surface area contributed by atoms with Crippen molar-refractivity contribution in [2.45, 2.75) is 45.2 Å². The molecule has 3 amide bonds. The maximum atomic E-state index is 13.6. The molecule has 10 rings (SSSR count). The van der Waals surface area contributed by atoms with Gasteiger partial charge in [0, 0.05) is 103 Å². The van der Waals surface area contributed by atoms with Gasteiger partial charge in [-0.15, -0.1) is 22.4 Å². The molecular formula is C63H63Cl2F9N10O12S3. The highest BCUT2D eigenvalue weighted by atomic mass is 35.7. The molecule has 36 heteroatoms. The number of pyridine rings is 3. The fourth-order valence-electron chi connectivity index (χ4n) is 9.32. The Morgan fingerprint density at radius 1 is 0.535 bits per heavy atom. The molecule has 9 aromatic rings. The largest absolute Gasteiger partial charge is 0.416 e. The first-order chi connectivity index (χ1) is 45.8. The normalized spacial score (nSPS) is 13.2. The van der Waals surface area contributed by atoms with Gasteiger partial charge in [-0.25, -0.2) is 8.42 Å². The molecule has 0 saturated carbocycles. The molecule has 99 heavy (non-hydrogen) atoms. The first kappa shape index (κ1) is 78.9. The van der Waals surface area contributed by atoms with Gasteiger partial charge in [-0.1, -0.05) is 67.6 Å². The average molecular weight is 1490 g/mol. The molecule has 1 saturated heterocycles. The monoisotopic (exact) mass is 1490 g/mol. The van der Waals surface area contributed by atoms with Crippen LogP contribution in [0, 0.1) is 0 Å². The standard InChI is InChI=1S/C24H27F3N4O4S.C19H16F3N3O4S.C17H12F3N3O2.C2H4Cl2O2S.CH4/c25-24(26,27)16-12-17(29-23(33)20-15-28-21-7-3-2-6-19(21)22(20)32)14-18(13-16)30-36(34,35)11-10-31-8-4-1-5-9-31;1-2-30(28,29)25-13-8-11(19(20,21)22)7-12(9-13)24-18(27)15-10-23-16-6-4-3-5-14(16)17(15)26;18-17(19,20)9-5-10(21)7-11(6-9)23-16(25)13-8-22-14-4-2-1-3-12(14)15(13)24;3-1-2-7(4,5)6;/h2-3,6-7,12-15,30,34-35H,1,4-5,8-11H2,(H,28,32)(H,29,33);2-10,25,28-29H,1H2,(H,23,26)(H,24,27);1-8H,21H2,(H,22,24)(H,23,25);1-2H2;1H4. The number of hydrogen-bond donors (Lipinski definition) is 13. The van der Waals surface area contributed by atoms with E-state index in [1.165, 1.54) is 36.8 Å². The summed E-state index contributed by atoms with van der Waals surface area (Å²) in [6.45, 7) is 5.25. The van der Waals surface area contributed by atoms with Crippen LogP contribution in [0.4, 0.5) is 73.6 Å². The summed E-state index contributed by atoms with van der Waals surface area (Å²) in [6, 6.07) is 27.3. The number of likely N-dealkylation sites (tertiary alicyclic amines) is 1. The fraction of sp³-hybridized carbons (Fsp3) is 0.206. The van der Waals surface area contributed by atoms with Crippen LogP contribution in [0.25, 0.3) is 32.7 Å².